The summed E-state index contributed by atoms with van der Waals surface area (Å²) in [5, 5.41) is 7.84. The lowest BCUT2D eigenvalue weighted by Gasteiger charge is -2.14. The Kier molecular flexibility index (Phi) is 1.85. The standard InChI is InChI=1S/C10H12N4O/c1-7-8-6-11-2-4-14(8)13-9(7)10-12-3-5-15-10/h3,5,11H,2,4,6H2,1H3. The van der Waals surface area contributed by atoms with E-state index in [0.717, 1.165) is 30.9 Å². The number of hydrogen-bond donors (Lipinski definition) is 1. The molecule has 0 atom stereocenters. The van der Waals surface area contributed by atoms with Crippen molar-refractivity contribution in [1.82, 2.24) is 20.1 Å². The first-order valence-electron chi connectivity index (χ1n) is 5.03. The highest BCUT2D eigenvalue weighted by Crippen LogP contribution is 2.24. The third-order valence-electron chi connectivity index (χ3n) is 2.75. The second-order valence-electron chi connectivity index (χ2n) is 3.66. The number of nitrogens with zero attached hydrogens (tertiary/aromatic N) is 3. The Labute approximate surface area is 87.1 Å². The van der Waals surface area contributed by atoms with Crippen LogP contribution in [-0.4, -0.2) is 21.3 Å². The van der Waals surface area contributed by atoms with Crippen LogP contribution in [0.3, 0.4) is 0 Å². The topological polar surface area (TPSA) is 55.9 Å². The van der Waals surface area contributed by atoms with Crippen molar-refractivity contribution in [3.63, 3.8) is 0 Å². The van der Waals surface area contributed by atoms with Crippen LogP contribution >= 0.6 is 0 Å². The lowest BCUT2D eigenvalue weighted by Crippen LogP contribution is -2.28. The fourth-order valence-electron chi connectivity index (χ4n) is 1.93. The van der Waals surface area contributed by atoms with E-state index >= 15 is 0 Å². The van der Waals surface area contributed by atoms with Crippen LogP contribution < -0.4 is 5.32 Å². The largest absolute Gasteiger partial charge is 0.443 e. The van der Waals surface area contributed by atoms with Gasteiger partial charge in [0.25, 0.3) is 0 Å². The fourth-order valence-corrected chi connectivity index (χ4v) is 1.93. The highest BCUT2D eigenvalue weighted by atomic mass is 16.3. The summed E-state index contributed by atoms with van der Waals surface area (Å²) in [6.07, 6.45) is 3.22. The molecular weight excluding hydrogens is 192 g/mol. The van der Waals surface area contributed by atoms with Crippen LogP contribution in [0.2, 0.25) is 0 Å². The second kappa shape index (κ2) is 3.20. The zero-order valence-corrected chi connectivity index (χ0v) is 8.53. The molecule has 78 valence electrons. The van der Waals surface area contributed by atoms with Gasteiger partial charge in [0.15, 0.2) is 5.69 Å². The van der Waals surface area contributed by atoms with Crippen LogP contribution in [0.4, 0.5) is 0 Å². The summed E-state index contributed by atoms with van der Waals surface area (Å²) >= 11 is 0. The van der Waals surface area contributed by atoms with Gasteiger partial charge in [0.05, 0.1) is 18.4 Å². The number of nitrogens with one attached hydrogen (secondary N) is 1. The zero-order chi connectivity index (χ0) is 10.3. The van der Waals surface area contributed by atoms with Crippen molar-refractivity contribution in [3.8, 4) is 11.6 Å². The first-order chi connectivity index (χ1) is 7.36. The highest BCUT2D eigenvalue weighted by Gasteiger charge is 2.19. The molecule has 2 aromatic rings. The number of oxazole rings is 1. The van der Waals surface area contributed by atoms with Crippen molar-refractivity contribution in [2.75, 3.05) is 6.54 Å². The Bertz CT molecular complexity index is 472. The van der Waals surface area contributed by atoms with E-state index < -0.39 is 0 Å². The average molecular weight is 204 g/mol. The predicted molar refractivity (Wildman–Crippen MR) is 54.2 cm³/mol. The van der Waals surface area contributed by atoms with Gasteiger partial charge in [-0.05, 0) is 6.92 Å². The van der Waals surface area contributed by atoms with Gasteiger partial charge in [-0.2, -0.15) is 5.10 Å². The SMILES string of the molecule is Cc1c(-c2ncco2)nn2c1CNCC2. The van der Waals surface area contributed by atoms with Crippen LogP contribution in [0.15, 0.2) is 16.9 Å². The van der Waals surface area contributed by atoms with Gasteiger partial charge in [-0.1, -0.05) is 0 Å². The van der Waals surface area contributed by atoms with Crippen molar-refractivity contribution in [2.24, 2.45) is 0 Å². The summed E-state index contributed by atoms with van der Waals surface area (Å²) < 4.78 is 7.30. The minimum absolute atomic E-state index is 0.606. The molecule has 0 aromatic carbocycles. The van der Waals surface area contributed by atoms with Crippen molar-refractivity contribution in [2.45, 2.75) is 20.0 Å². The molecule has 3 rings (SSSR count). The zero-order valence-electron chi connectivity index (χ0n) is 8.53. The van der Waals surface area contributed by atoms with E-state index in [1.165, 1.54) is 5.69 Å². The third kappa shape index (κ3) is 1.27. The summed E-state index contributed by atoms with van der Waals surface area (Å²) in [7, 11) is 0. The number of hydrogen-bond acceptors (Lipinski definition) is 4. The van der Waals surface area contributed by atoms with Gasteiger partial charge in [-0.25, -0.2) is 4.98 Å². The van der Waals surface area contributed by atoms with Gasteiger partial charge < -0.3 is 9.73 Å². The number of rotatable bonds is 1. The average Bonchev–Trinajstić information content (AvgIpc) is 2.87. The van der Waals surface area contributed by atoms with E-state index in [-0.39, 0.29) is 0 Å². The molecule has 15 heavy (non-hydrogen) atoms. The summed E-state index contributed by atoms with van der Waals surface area (Å²) in [5.74, 6) is 0.606. The molecule has 1 aliphatic heterocycles. The molecule has 0 aliphatic carbocycles. The molecule has 5 nitrogen and oxygen atoms in total. The molecule has 1 N–H and O–H groups in total. The fraction of sp³-hybridized carbons (Fsp3) is 0.400. The van der Waals surface area contributed by atoms with E-state index in [2.05, 4.69) is 22.3 Å². The van der Waals surface area contributed by atoms with Crippen LogP contribution in [0.25, 0.3) is 11.6 Å². The van der Waals surface area contributed by atoms with Crippen molar-refractivity contribution in [1.29, 1.82) is 0 Å². The Balaban J connectivity index is 2.13. The molecule has 0 amide bonds. The molecule has 1 aliphatic rings. The Hall–Kier alpha value is -1.62. The molecule has 0 unspecified atom stereocenters. The van der Waals surface area contributed by atoms with E-state index in [9.17, 15) is 0 Å². The lowest BCUT2D eigenvalue weighted by molar-refractivity contribution is 0.473. The number of aromatic nitrogens is 3. The minimum Gasteiger partial charge on any atom is -0.443 e. The van der Waals surface area contributed by atoms with Crippen molar-refractivity contribution in [3.05, 3.63) is 23.7 Å². The van der Waals surface area contributed by atoms with Crippen molar-refractivity contribution >= 4 is 0 Å². The van der Waals surface area contributed by atoms with Gasteiger partial charge in [-0.3, -0.25) is 4.68 Å². The van der Waals surface area contributed by atoms with Crippen LogP contribution in [0, 0.1) is 6.92 Å². The Morgan fingerprint density at radius 3 is 3.20 bits per heavy atom. The lowest BCUT2D eigenvalue weighted by atomic mass is 10.2. The van der Waals surface area contributed by atoms with Gasteiger partial charge in [0, 0.05) is 18.7 Å². The molecule has 0 spiro atoms. The Morgan fingerprint density at radius 2 is 2.47 bits per heavy atom. The maximum Gasteiger partial charge on any atom is 0.247 e. The first kappa shape index (κ1) is 8.67. The first-order valence-corrected chi connectivity index (χ1v) is 5.03. The molecule has 0 bridgehead atoms. The molecule has 2 aromatic heterocycles. The molecule has 5 heteroatoms. The predicted octanol–water partition coefficient (Wildman–Crippen LogP) is 0.950. The van der Waals surface area contributed by atoms with E-state index in [1.807, 2.05) is 4.68 Å². The number of fused-ring (bicyclic) bond motifs is 1. The van der Waals surface area contributed by atoms with Gasteiger partial charge in [0.2, 0.25) is 5.89 Å². The maximum absolute atomic E-state index is 5.27. The monoisotopic (exact) mass is 204 g/mol. The van der Waals surface area contributed by atoms with E-state index in [1.54, 1.807) is 12.5 Å². The van der Waals surface area contributed by atoms with E-state index in [0.29, 0.717) is 5.89 Å². The minimum atomic E-state index is 0.606. The summed E-state index contributed by atoms with van der Waals surface area (Å²) in [6, 6.07) is 0. The van der Waals surface area contributed by atoms with Crippen molar-refractivity contribution < 1.29 is 4.42 Å². The summed E-state index contributed by atoms with van der Waals surface area (Å²) in [6.45, 7) is 4.82. The molecule has 0 fully saturated rings. The van der Waals surface area contributed by atoms with Gasteiger partial charge in [0.1, 0.15) is 6.26 Å². The third-order valence-corrected chi connectivity index (χ3v) is 2.75. The van der Waals surface area contributed by atoms with Crippen LogP contribution in [-0.2, 0) is 13.1 Å². The molecule has 0 radical (unpaired) electrons. The van der Waals surface area contributed by atoms with Gasteiger partial charge >= 0.3 is 0 Å². The summed E-state index contributed by atoms with van der Waals surface area (Å²) in [5.41, 5.74) is 3.25. The Morgan fingerprint density at radius 1 is 1.53 bits per heavy atom. The molecule has 0 saturated carbocycles. The molecular formula is C10H12N4O. The normalized spacial score (nSPS) is 15.3. The van der Waals surface area contributed by atoms with E-state index in [4.69, 9.17) is 4.42 Å². The summed E-state index contributed by atoms with van der Waals surface area (Å²) in [4.78, 5) is 4.13. The second-order valence-corrected chi connectivity index (χ2v) is 3.66. The molecule has 0 saturated heterocycles. The molecule has 3 heterocycles. The quantitative estimate of drug-likeness (QED) is 0.751. The van der Waals surface area contributed by atoms with Crippen LogP contribution in [0.1, 0.15) is 11.3 Å². The van der Waals surface area contributed by atoms with Gasteiger partial charge in [-0.15, -0.1) is 0 Å². The maximum atomic E-state index is 5.27. The highest BCUT2D eigenvalue weighted by molar-refractivity contribution is 5.54. The smallest absolute Gasteiger partial charge is 0.247 e. The van der Waals surface area contributed by atoms with Crippen LogP contribution in [0.5, 0.6) is 0 Å².